The molecule has 0 bridgehead atoms. The third-order valence-corrected chi connectivity index (χ3v) is 7.94. The number of carbonyl (C=O) groups excluding carboxylic acids is 1. The van der Waals surface area contributed by atoms with E-state index in [-0.39, 0.29) is 17.7 Å². The van der Waals surface area contributed by atoms with E-state index in [0.717, 1.165) is 16.3 Å². The molecule has 6 rings (SSSR count). The van der Waals surface area contributed by atoms with Gasteiger partial charge >= 0.3 is 11.9 Å². The maximum absolute atomic E-state index is 14.0. The minimum Gasteiger partial charge on any atom is -0.478 e. The van der Waals surface area contributed by atoms with Gasteiger partial charge in [-0.1, -0.05) is 72.0 Å². The van der Waals surface area contributed by atoms with Gasteiger partial charge in [-0.25, -0.2) is 14.6 Å². The summed E-state index contributed by atoms with van der Waals surface area (Å²) in [5.41, 5.74) is 1.81. The van der Waals surface area contributed by atoms with Crippen LogP contribution in [0.5, 0.6) is 0 Å². The number of hydrogen-bond acceptors (Lipinski definition) is 7. The van der Waals surface area contributed by atoms with E-state index in [4.69, 9.17) is 9.15 Å². The molecule has 0 spiro atoms. The van der Waals surface area contributed by atoms with Crippen LogP contribution in [0.3, 0.4) is 0 Å². The van der Waals surface area contributed by atoms with Gasteiger partial charge in [0.15, 0.2) is 4.80 Å². The molecule has 5 aromatic rings. The van der Waals surface area contributed by atoms with Gasteiger partial charge in [0.1, 0.15) is 11.5 Å². The van der Waals surface area contributed by atoms with Gasteiger partial charge in [0.25, 0.3) is 5.56 Å². The normalized spacial score (nSPS) is 15.1. The van der Waals surface area contributed by atoms with Gasteiger partial charge in [-0.3, -0.25) is 9.36 Å². The highest BCUT2D eigenvalue weighted by Crippen LogP contribution is 2.35. The zero-order valence-corrected chi connectivity index (χ0v) is 23.0. The third kappa shape index (κ3) is 4.60. The van der Waals surface area contributed by atoms with Gasteiger partial charge in [-0.15, -0.1) is 0 Å². The number of aromatic carboxylic acids is 1. The van der Waals surface area contributed by atoms with E-state index in [1.54, 1.807) is 54.8 Å². The SMILES string of the molecule is CCOC(=O)C1=C(C)N=c2s/c(=C/c3ccc(-c4ccccc4C(=O)O)o3)c(=O)n2[C@@H]1c1cccc2ccccc12. The first-order valence-corrected chi connectivity index (χ1v) is 13.8. The number of carbonyl (C=O) groups is 2. The summed E-state index contributed by atoms with van der Waals surface area (Å²) in [5, 5.41) is 11.5. The maximum Gasteiger partial charge on any atom is 0.338 e. The number of hydrogen-bond donors (Lipinski definition) is 1. The van der Waals surface area contributed by atoms with Crippen LogP contribution < -0.4 is 14.9 Å². The summed E-state index contributed by atoms with van der Waals surface area (Å²) in [6.07, 6.45) is 1.61. The lowest BCUT2D eigenvalue weighted by Crippen LogP contribution is -2.40. The number of fused-ring (bicyclic) bond motifs is 2. The molecule has 1 N–H and O–H groups in total. The molecule has 1 aliphatic rings. The second kappa shape index (κ2) is 10.5. The average Bonchev–Trinajstić information content (AvgIpc) is 3.56. The fourth-order valence-corrected chi connectivity index (χ4v) is 6.19. The van der Waals surface area contributed by atoms with Crippen molar-refractivity contribution < 1.29 is 23.8 Å². The molecule has 41 heavy (non-hydrogen) atoms. The molecule has 2 aromatic heterocycles. The second-order valence-corrected chi connectivity index (χ2v) is 10.4. The highest BCUT2D eigenvalue weighted by atomic mass is 32.1. The quantitative estimate of drug-likeness (QED) is 0.294. The predicted octanol–water partition coefficient (Wildman–Crippen LogP) is 4.91. The van der Waals surface area contributed by atoms with Crippen LogP contribution >= 0.6 is 11.3 Å². The van der Waals surface area contributed by atoms with Crippen LogP contribution in [0, 0.1) is 0 Å². The number of carboxylic acid groups (broad SMARTS) is 1. The van der Waals surface area contributed by atoms with E-state index >= 15 is 0 Å². The monoisotopic (exact) mass is 564 g/mol. The number of nitrogens with zero attached hydrogens (tertiary/aromatic N) is 2. The zero-order valence-electron chi connectivity index (χ0n) is 22.2. The Morgan fingerprint density at radius 2 is 1.80 bits per heavy atom. The predicted molar refractivity (Wildman–Crippen MR) is 155 cm³/mol. The minimum atomic E-state index is -1.06. The van der Waals surface area contributed by atoms with Gasteiger partial charge < -0.3 is 14.3 Å². The van der Waals surface area contributed by atoms with Crippen LogP contribution in [0.2, 0.25) is 0 Å². The number of esters is 1. The molecule has 0 radical (unpaired) electrons. The Hall–Kier alpha value is -5.02. The Morgan fingerprint density at radius 1 is 1.05 bits per heavy atom. The first kappa shape index (κ1) is 26.2. The van der Waals surface area contributed by atoms with Crippen LogP contribution in [0.15, 0.2) is 104 Å². The molecular weight excluding hydrogens is 540 g/mol. The molecule has 3 aromatic carbocycles. The minimum absolute atomic E-state index is 0.116. The van der Waals surface area contributed by atoms with Crippen molar-refractivity contribution in [3.63, 3.8) is 0 Å². The maximum atomic E-state index is 14.0. The van der Waals surface area contributed by atoms with Crippen molar-refractivity contribution in [2.75, 3.05) is 6.61 Å². The first-order chi connectivity index (χ1) is 19.9. The molecule has 0 saturated carbocycles. The van der Waals surface area contributed by atoms with Crippen LogP contribution in [-0.2, 0) is 9.53 Å². The van der Waals surface area contributed by atoms with Crippen LogP contribution in [-0.4, -0.2) is 28.2 Å². The summed E-state index contributed by atoms with van der Waals surface area (Å²) in [7, 11) is 0. The van der Waals surface area contributed by atoms with E-state index in [0.29, 0.717) is 37.7 Å². The number of allylic oxidation sites excluding steroid dienone is 1. The van der Waals surface area contributed by atoms with Crippen molar-refractivity contribution in [1.29, 1.82) is 0 Å². The number of benzene rings is 3. The smallest absolute Gasteiger partial charge is 0.338 e. The molecular formula is C32H24N2O6S. The molecule has 0 amide bonds. The summed E-state index contributed by atoms with van der Waals surface area (Å²) in [5.74, 6) is -0.827. The topological polar surface area (TPSA) is 111 Å². The van der Waals surface area contributed by atoms with Gasteiger partial charge in [-0.05, 0) is 48.4 Å². The summed E-state index contributed by atoms with van der Waals surface area (Å²) in [6.45, 7) is 3.68. The van der Waals surface area contributed by atoms with Crippen LogP contribution in [0.25, 0.3) is 28.2 Å². The van der Waals surface area contributed by atoms with Crippen molar-refractivity contribution in [2.45, 2.75) is 19.9 Å². The summed E-state index contributed by atoms with van der Waals surface area (Å²) >= 11 is 1.19. The van der Waals surface area contributed by atoms with E-state index in [9.17, 15) is 19.5 Å². The van der Waals surface area contributed by atoms with Gasteiger partial charge in [0.05, 0.1) is 34.0 Å². The van der Waals surface area contributed by atoms with Crippen LogP contribution in [0.4, 0.5) is 0 Å². The van der Waals surface area contributed by atoms with Gasteiger partial charge in [0, 0.05) is 11.6 Å². The largest absolute Gasteiger partial charge is 0.478 e. The molecule has 3 heterocycles. The number of aromatic nitrogens is 1. The zero-order chi connectivity index (χ0) is 28.7. The van der Waals surface area contributed by atoms with Gasteiger partial charge in [-0.2, -0.15) is 0 Å². The lowest BCUT2D eigenvalue weighted by Gasteiger charge is -2.25. The molecule has 1 atom stereocenters. The molecule has 0 fully saturated rings. The lowest BCUT2D eigenvalue weighted by molar-refractivity contribution is -0.139. The Kier molecular flexibility index (Phi) is 6.72. The summed E-state index contributed by atoms with van der Waals surface area (Å²) in [4.78, 5) is 44.0. The van der Waals surface area contributed by atoms with Crippen molar-refractivity contribution in [3.8, 4) is 11.3 Å². The molecule has 0 unspecified atom stereocenters. The number of carboxylic acids is 1. The van der Waals surface area contributed by atoms with Gasteiger partial charge in [0.2, 0.25) is 0 Å². The van der Waals surface area contributed by atoms with E-state index < -0.39 is 18.0 Å². The van der Waals surface area contributed by atoms with Crippen molar-refractivity contribution >= 4 is 40.1 Å². The van der Waals surface area contributed by atoms with Crippen molar-refractivity contribution in [1.82, 2.24) is 4.57 Å². The van der Waals surface area contributed by atoms with Crippen LogP contribution in [0.1, 0.15) is 41.6 Å². The number of ether oxygens (including phenoxy) is 1. The summed E-state index contributed by atoms with van der Waals surface area (Å²) in [6, 6.07) is 22.8. The highest BCUT2D eigenvalue weighted by Gasteiger charge is 2.34. The molecule has 0 aliphatic carbocycles. The molecule has 8 nitrogen and oxygen atoms in total. The van der Waals surface area contributed by atoms with E-state index in [2.05, 4.69) is 4.99 Å². The standard InChI is InChI=1S/C32H24N2O6S/c1-3-39-31(38)27-18(2)33-32-34(28(27)23-14-8-10-19-9-4-5-11-21(19)23)29(35)26(41-32)17-20-15-16-25(40-20)22-12-6-7-13-24(22)30(36)37/h4-17,28H,3H2,1-2H3,(H,36,37)/b26-17+/t28-/m1/s1. The Labute approximate surface area is 237 Å². The molecule has 1 aliphatic heterocycles. The highest BCUT2D eigenvalue weighted by molar-refractivity contribution is 7.07. The number of thiazole rings is 1. The second-order valence-electron chi connectivity index (χ2n) is 9.42. The average molecular weight is 565 g/mol. The Bertz CT molecular complexity index is 2060. The van der Waals surface area contributed by atoms with Crippen molar-refractivity contribution in [3.05, 3.63) is 127 Å². The first-order valence-electron chi connectivity index (χ1n) is 13.0. The number of rotatable bonds is 6. The fraction of sp³-hybridized carbons (Fsp3) is 0.125. The van der Waals surface area contributed by atoms with E-state index in [1.807, 2.05) is 42.5 Å². The van der Waals surface area contributed by atoms with E-state index in [1.165, 1.54) is 17.4 Å². The third-order valence-electron chi connectivity index (χ3n) is 6.96. The molecule has 0 saturated heterocycles. The Morgan fingerprint density at radius 3 is 2.61 bits per heavy atom. The molecule has 9 heteroatoms. The number of furan rings is 1. The Balaban J connectivity index is 1.53. The lowest BCUT2D eigenvalue weighted by atomic mass is 9.91. The van der Waals surface area contributed by atoms with Crippen molar-refractivity contribution in [2.24, 2.45) is 4.99 Å². The fourth-order valence-electron chi connectivity index (χ4n) is 5.16. The summed E-state index contributed by atoms with van der Waals surface area (Å²) < 4.78 is 13.3. The molecule has 204 valence electrons.